The van der Waals surface area contributed by atoms with Crippen LogP contribution in [-0.2, 0) is 17.6 Å². The van der Waals surface area contributed by atoms with Crippen molar-refractivity contribution in [1.29, 1.82) is 0 Å². The average molecular weight is 282 g/mol. The molecule has 0 radical (unpaired) electrons. The number of carboxylic acid groups (broad SMARTS) is 1. The van der Waals surface area contributed by atoms with E-state index < -0.39 is 5.97 Å². The van der Waals surface area contributed by atoms with Gasteiger partial charge in [0.1, 0.15) is 11.9 Å². The normalized spacial score (nSPS) is 16.5. The van der Waals surface area contributed by atoms with E-state index in [1.165, 1.54) is 11.1 Å². The van der Waals surface area contributed by atoms with Gasteiger partial charge in [-0.05, 0) is 48.1 Å². The van der Waals surface area contributed by atoms with Crippen molar-refractivity contribution in [2.45, 2.75) is 31.8 Å². The van der Waals surface area contributed by atoms with Gasteiger partial charge in [0.15, 0.2) is 0 Å². The fourth-order valence-electron chi connectivity index (χ4n) is 2.79. The summed E-state index contributed by atoms with van der Waals surface area (Å²) in [6.07, 6.45) is 2.93. The Kier molecular flexibility index (Phi) is 3.91. The maximum absolute atomic E-state index is 10.6. The lowest BCUT2D eigenvalue weighted by molar-refractivity contribution is -0.136. The monoisotopic (exact) mass is 282 g/mol. The first-order valence-electron chi connectivity index (χ1n) is 7.27. The number of carboxylic acids is 1. The van der Waals surface area contributed by atoms with E-state index in [0.717, 1.165) is 24.2 Å². The first-order valence-corrected chi connectivity index (χ1v) is 7.27. The van der Waals surface area contributed by atoms with Crippen LogP contribution in [0.1, 0.15) is 35.6 Å². The van der Waals surface area contributed by atoms with Crippen molar-refractivity contribution in [2.24, 2.45) is 0 Å². The third-order valence-corrected chi connectivity index (χ3v) is 3.91. The predicted molar refractivity (Wildman–Crippen MR) is 80.5 cm³/mol. The molecule has 2 aromatic carbocycles. The van der Waals surface area contributed by atoms with Crippen LogP contribution in [0.15, 0.2) is 48.5 Å². The summed E-state index contributed by atoms with van der Waals surface area (Å²) in [5.41, 5.74) is 3.68. The van der Waals surface area contributed by atoms with E-state index in [0.29, 0.717) is 6.42 Å². The summed E-state index contributed by atoms with van der Waals surface area (Å²) in [6.45, 7) is 0. The largest absolute Gasteiger partial charge is 0.486 e. The smallest absolute Gasteiger partial charge is 0.303 e. The van der Waals surface area contributed by atoms with E-state index in [1.807, 2.05) is 24.3 Å². The van der Waals surface area contributed by atoms with Crippen LogP contribution in [0.2, 0.25) is 0 Å². The van der Waals surface area contributed by atoms with Gasteiger partial charge in [-0.3, -0.25) is 4.79 Å². The Hall–Kier alpha value is -2.29. The van der Waals surface area contributed by atoms with Gasteiger partial charge in [-0.1, -0.05) is 36.4 Å². The predicted octanol–water partition coefficient (Wildman–Crippen LogP) is 3.77. The zero-order chi connectivity index (χ0) is 14.7. The van der Waals surface area contributed by atoms with Crippen LogP contribution >= 0.6 is 0 Å². The fourth-order valence-corrected chi connectivity index (χ4v) is 2.79. The topological polar surface area (TPSA) is 46.5 Å². The fraction of sp³-hybridized carbons (Fsp3) is 0.278. The standard InChI is InChI=1S/C18H18O3/c19-18(20)12-7-13-5-9-15(10-6-13)21-17-11-8-14-3-1-2-4-16(14)17/h1-6,9-10,17H,7-8,11-12H2,(H,19,20)/t17-/m1/s1. The lowest BCUT2D eigenvalue weighted by atomic mass is 10.1. The summed E-state index contributed by atoms with van der Waals surface area (Å²) >= 11 is 0. The molecule has 0 bridgehead atoms. The molecule has 3 nitrogen and oxygen atoms in total. The van der Waals surface area contributed by atoms with Gasteiger partial charge in [-0.25, -0.2) is 0 Å². The van der Waals surface area contributed by atoms with E-state index in [4.69, 9.17) is 9.84 Å². The highest BCUT2D eigenvalue weighted by Gasteiger charge is 2.23. The second-order valence-electron chi connectivity index (χ2n) is 5.38. The first kappa shape index (κ1) is 13.7. The van der Waals surface area contributed by atoms with Crippen molar-refractivity contribution in [1.82, 2.24) is 0 Å². The van der Waals surface area contributed by atoms with Crippen LogP contribution in [-0.4, -0.2) is 11.1 Å². The van der Waals surface area contributed by atoms with Gasteiger partial charge in [0.25, 0.3) is 0 Å². The Morgan fingerprint density at radius 2 is 1.90 bits per heavy atom. The molecule has 1 atom stereocenters. The molecule has 0 spiro atoms. The zero-order valence-corrected chi connectivity index (χ0v) is 11.8. The lowest BCUT2D eigenvalue weighted by Gasteiger charge is -2.15. The first-order chi connectivity index (χ1) is 10.2. The number of carbonyl (C=O) groups is 1. The minimum absolute atomic E-state index is 0.131. The Morgan fingerprint density at radius 1 is 1.14 bits per heavy atom. The summed E-state index contributed by atoms with van der Waals surface area (Å²) in [5, 5.41) is 8.69. The molecule has 1 N–H and O–H groups in total. The van der Waals surface area contributed by atoms with Crippen molar-refractivity contribution in [3.8, 4) is 5.75 Å². The van der Waals surface area contributed by atoms with Crippen LogP contribution in [0.25, 0.3) is 0 Å². The number of aryl methyl sites for hydroxylation is 2. The second kappa shape index (κ2) is 6.00. The van der Waals surface area contributed by atoms with Gasteiger partial charge in [0, 0.05) is 6.42 Å². The minimum Gasteiger partial charge on any atom is -0.486 e. The number of fused-ring (bicyclic) bond motifs is 1. The van der Waals surface area contributed by atoms with Crippen molar-refractivity contribution < 1.29 is 14.6 Å². The van der Waals surface area contributed by atoms with Crippen LogP contribution in [0.3, 0.4) is 0 Å². The van der Waals surface area contributed by atoms with Gasteiger partial charge in [0.05, 0.1) is 0 Å². The molecule has 0 aliphatic heterocycles. The molecule has 108 valence electrons. The molecule has 2 aromatic rings. The Morgan fingerprint density at radius 3 is 2.67 bits per heavy atom. The highest BCUT2D eigenvalue weighted by atomic mass is 16.5. The van der Waals surface area contributed by atoms with E-state index in [2.05, 4.69) is 24.3 Å². The molecule has 0 amide bonds. The number of benzene rings is 2. The summed E-state index contributed by atoms with van der Waals surface area (Å²) < 4.78 is 6.07. The van der Waals surface area contributed by atoms with Crippen molar-refractivity contribution in [3.63, 3.8) is 0 Å². The SMILES string of the molecule is O=C(O)CCc1ccc(O[C@@H]2CCc3ccccc32)cc1. The van der Waals surface area contributed by atoms with E-state index >= 15 is 0 Å². The van der Waals surface area contributed by atoms with Gasteiger partial charge in [-0.2, -0.15) is 0 Å². The molecule has 1 aliphatic rings. The van der Waals surface area contributed by atoms with E-state index in [-0.39, 0.29) is 12.5 Å². The van der Waals surface area contributed by atoms with E-state index in [9.17, 15) is 4.79 Å². The van der Waals surface area contributed by atoms with Gasteiger partial charge in [0.2, 0.25) is 0 Å². The maximum atomic E-state index is 10.6. The van der Waals surface area contributed by atoms with Crippen LogP contribution in [0.4, 0.5) is 0 Å². The van der Waals surface area contributed by atoms with Crippen LogP contribution in [0, 0.1) is 0 Å². The highest BCUT2D eigenvalue weighted by Crippen LogP contribution is 2.34. The van der Waals surface area contributed by atoms with Gasteiger partial charge >= 0.3 is 5.97 Å². The third kappa shape index (κ3) is 3.24. The molecular formula is C18H18O3. The lowest BCUT2D eigenvalue weighted by Crippen LogP contribution is -2.03. The minimum atomic E-state index is -0.766. The van der Waals surface area contributed by atoms with E-state index in [1.54, 1.807) is 0 Å². The number of hydrogen-bond acceptors (Lipinski definition) is 2. The highest BCUT2D eigenvalue weighted by molar-refractivity contribution is 5.67. The second-order valence-corrected chi connectivity index (χ2v) is 5.38. The molecule has 0 heterocycles. The number of hydrogen-bond donors (Lipinski definition) is 1. The molecule has 1 aliphatic carbocycles. The van der Waals surface area contributed by atoms with Crippen molar-refractivity contribution in [2.75, 3.05) is 0 Å². The van der Waals surface area contributed by atoms with Gasteiger partial charge in [-0.15, -0.1) is 0 Å². The van der Waals surface area contributed by atoms with Gasteiger partial charge < -0.3 is 9.84 Å². The Labute approximate surface area is 124 Å². The molecule has 0 fully saturated rings. The Bertz CT molecular complexity index is 631. The number of aliphatic carboxylic acids is 1. The van der Waals surface area contributed by atoms with Crippen molar-refractivity contribution in [3.05, 3.63) is 65.2 Å². The summed E-state index contributed by atoms with van der Waals surface area (Å²) in [6, 6.07) is 16.2. The molecule has 0 saturated carbocycles. The summed E-state index contributed by atoms with van der Waals surface area (Å²) in [7, 11) is 0. The average Bonchev–Trinajstić information content (AvgIpc) is 2.90. The number of rotatable bonds is 5. The summed E-state index contributed by atoms with van der Waals surface area (Å²) in [4.78, 5) is 10.6. The molecule has 3 rings (SSSR count). The molecule has 3 heteroatoms. The van der Waals surface area contributed by atoms with Crippen LogP contribution in [0.5, 0.6) is 5.75 Å². The molecule has 0 aromatic heterocycles. The Balaban J connectivity index is 1.65. The van der Waals surface area contributed by atoms with Crippen LogP contribution < -0.4 is 4.74 Å². The molecule has 0 unspecified atom stereocenters. The molecule has 21 heavy (non-hydrogen) atoms. The molecular weight excluding hydrogens is 264 g/mol. The van der Waals surface area contributed by atoms with Crippen molar-refractivity contribution >= 4 is 5.97 Å². The summed E-state index contributed by atoms with van der Waals surface area (Å²) in [5.74, 6) is 0.0775. The zero-order valence-electron chi connectivity index (χ0n) is 11.8. The quantitative estimate of drug-likeness (QED) is 0.908. The number of ether oxygens (including phenoxy) is 1. The maximum Gasteiger partial charge on any atom is 0.303 e. The molecule has 0 saturated heterocycles. The third-order valence-electron chi connectivity index (χ3n) is 3.91.